The highest BCUT2D eigenvalue weighted by atomic mass is 16.5. The molecule has 0 saturated carbocycles. The molecule has 0 radical (unpaired) electrons. The number of unbranched alkanes of at least 4 members (excludes halogenated alkanes) is 14. The van der Waals surface area contributed by atoms with Crippen molar-refractivity contribution in [2.75, 3.05) is 13.2 Å². The van der Waals surface area contributed by atoms with E-state index in [1.54, 1.807) is 72.9 Å². The van der Waals surface area contributed by atoms with Crippen LogP contribution < -0.4 is 23.7 Å². The highest BCUT2D eigenvalue weighted by molar-refractivity contribution is 5.94. The SMILES string of the molecule is CCCCCCCCCCOc1ccc(N=Nc2ccc(N=Cc3ccc(C(=O)Oc4cccc(OC(=O)c5ccc(OC(=O)c6ccc(OCCCCCCCCCC)cc6)cc5)c4)cc3)cc2)cc1. The van der Waals surface area contributed by atoms with Crippen LogP contribution in [0.3, 0.4) is 0 Å². The first-order valence-corrected chi connectivity index (χ1v) is 25.3. The monoisotopic (exact) mass is 957 g/mol. The molecule has 0 unspecified atom stereocenters. The molecule has 0 heterocycles. The Morgan fingerprint density at radius 3 is 1.18 bits per heavy atom. The number of benzene rings is 6. The summed E-state index contributed by atoms with van der Waals surface area (Å²) in [4.78, 5) is 43.4. The standard InChI is InChI=1S/C60H67N3O8/c1-3-5-7-9-11-13-15-17-42-67-53-36-26-48(27-37-53)58(64)69-55-38-28-49(29-39-55)60(66)71-57-21-19-20-56(44-57)70-59(65)47-24-22-46(23-25-47)45-61-50-30-32-51(33-31-50)62-63-52-34-40-54(41-35-52)68-43-18-16-14-12-10-8-6-4-2/h19-41,44-45H,3-18,42-43H2,1-2H3. The van der Waals surface area contributed by atoms with Gasteiger partial charge in [0.05, 0.1) is 47.0 Å². The van der Waals surface area contributed by atoms with Gasteiger partial charge in [-0.1, -0.05) is 122 Å². The van der Waals surface area contributed by atoms with Crippen LogP contribution >= 0.6 is 0 Å². The van der Waals surface area contributed by atoms with Gasteiger partial charge in [-0.3, -0.25) is 4.99 Å². The van der Waals surface area contributed by atoms with E-state index in [9.17, 15) is 14.4 Å². The summed E-state index contributed by atoms with van der Waals surface area (Å²) in [6.45, 7) is 5.84. The molecule has 0 aromatic heterocycles. The van der Waals surface area contributed by atoms with Crippen molar-refractivity contribution in [2.24, 2.45) is 15.2 Å². The van der Waals surface area contributed by atoms with Crippen LogP contribution in [0.2, 0.25) is 0 Å². The molecule has 0 aliphatic rings. The number of ether oxygens (including phenoxy) is 5. The lowest BCUT2D eigenvalue weighted by atomic mass is 10.1. The van der Waals surface area contributed by atoms with Gasteiger partial charge in [-0.25, -0.2) is 14.4 Å². The number of azo groups is 1. The normalized spacial score (nSPS) is 11.2. The first kappa shape index (κ1) is 53.0. The number of rotatable bonds is 30. The molecule has 0 spiro atoms. The van der Waals surface area contributed by atoms with Crippen molar-refractivity contribution in [3.8, 4) is 28.7 Å². The van der Waals surface area contributed by atoms with Crippen LogP contribution in [0, 0.1) is 0 Å². The molecule has 71 heavy (non-hydrogen) atoms. The fourth-order valence-corrected chi connectivity index (χ4v) is 7.48. The van der Waals surface area contributed by atoms with Gasteiger partial charge >= 0.3 is 17.9 Å². The second-order valence-electron chi connectivity index (χ2n) is 17.4. The quantitative estimate of drug-likeness (QED) is 0.0143. The van der Waals surface area contributed by atoms with E-state index in [1.807, 2.05) is 48.5 Å². The third-order valence-electron chi connectivity index (χ3n) is 11.6. The average molecular weight is 958 g/mol. The molecule has 370 valence electrons. The predicted octanol–water partition coefficient (Wildman–Crippen LogP) is 16.5. The van der Waals surface area contributed by atoms with E-state index in [2.05, 4.69) is 29.1 Å². The maximum absolute atomic E-state index is 13.0. The van der Waals surface area contributed by atoms with Crippen molar-refractivity contribution in [1.82, 2.24) is 0 Å². The third-order valence-corrected chi connectivity index (χ3v) is 11.6. The van der Waals surface area contributed by atoms with E-state index in [4.69, 9.17) is 23.7 Å². The number of carbonyl (C=O) groups excluding carboxylic acids is 3. The number of esters is 3. The van der Waals surface area contributed by atoms with Crippen LogP contribution in [0.25, 0.3) is 0 Å². The molecule has 0 N–H and O–H groups in total. The van der Waals surface area contributed by atoms with Gasteiger partial charge in [-0.15, -0.1) is 0 Å². The molecule has 6 aromatic rings. The topological polar surface area (TPSA) is 134 Å². The zero-order valence-corrected chi connectivity index (χ0v) is 41.3. The first-order valence-electron chi connectivity index (χ1n) is 25.3. The summed E-state index contributed by atoms with van der Waals surface area (Å²) < 4.78 is 28.4. The molecule has 0 aliphatic carbocycles. The Balaban J connectivity index is 0.883. The smallest absolute Gasteiger partial charge is 0.343 e. The van der Waals surface area contributed by atoms with Crippen LogP contribution in [0.15, 0.2) is 161 Å². The van der Waals surface area contributed by atoms with Crippen molar-refractivity contribution in [3.05, 3.63) is 168 Å². The molecule has 0 saturated heterocycles. The zero-order chi connectivity index (χ0) is 49.7. The number of aliphatic imine (C=N–C) groups is 1. The summed E-state index contributed by atoms with van der Waals surface area (Å²) in [6, 6.07) is 41.1. The van der Waals surface area contributed by atoms with Gasteiger partial charge in [-0.2, -0.15) is 10.2 Å². The van der Waals surface area contributed by atoms with Gasteiger partial charge in [0.15, 0.2) is 0 Å². The van der Waals surface area contributed by atoms with Gasteiger partial charge < -0.3 is 23.7 Å². The van der Waals surface area contributed by atoms with Crippen molar-refractivity contribution in [3.63, 3.8) is 0 Å². The number of nitrogens with zero attached hydrogens (tertiary/aromatic N) is 3. The minimum atomic E-state index is -0.639. The van der Waals surface area contributed by atoms with Crippen LogP contribution in [0.5, 0.6) is 28.7 Å². The summed E-state index contributed by atoms with van der Waals surface area (Å²) >= 11 is 0. The Labute approximate surface area is 419 Å². The fraction of sp³-hybridized carbons (Fsp3) is 0.333. The highest BCUT2D eigenvalue weighted by Crippen LogP contribution is 2.26. The minimum Gasteiger partial charge on any atom is -0.494 e. The summed E-state index contributed by atoms with van der Waals surface area (Å²) in [5.74, 6) is 0.449. The zero-order valence-electron chi connectivity index (χ0n) is 41.3. The molecule has 0 atom stereocenters. The van der Waals surface area contributed by atoms with Gasteiger partial charge in [0.2, 0.25) is 0 Å². The first-order chi connectivity index (χ1) is 34.8. The van der Waals surface area contributed by atoms with E-state index in [-0.39, 0.29) is 22.8 Å². The average Bonchev–Trinajstić information content (AvgIpc) is 3.40. The van der Waals surface area contributed by atoms with Crippen molar-refractivity contribution in [2.45, 2.75) is 117 Å². The van der Waals surface area contributed by atoms with Crippen LogP contribution in [0.4, 0.5) is 17.1 Å². The molecule has 0 aliphatic heterocycles. The lowest BCUT2D eigenvalue weighted by Gasteiger charge is -2.09. The van der Waals surface area contributed by atoms with E-state index in [0.717, 1.165) is 48.6 Å². The summed E-state index contributed by atoms with van der Waals surface area (Å²) in [7, 11) is 0. The molecule has 0 bridgehead atoms. The molecule has 11 heteroatoms. The second-order valence-corrected chi connectivity index (χ2v) is 17.4. The molecule has 0 fully saturated rings. The van der Waals surface area contributed by atoms with E-state index in [0.29, 0.717) is 29.2 Å². The molecular weight excluding hydrogens is 891 g/mol. The largest absolute Gasteiger partial charge is 0.494 e. The molecule has 6 rings (SSSR count). The van der Waals surface area contributed by atoms with E-state index >= 15 is 0 Å². The van der Waals surface area contributed by atoms with E-state index < -0.39 is 17.9 Å². The van der Waals surface area contributed by atoms with Crippen LogP contribution in [0.1, 0.15) is 153 Å². The maximum atomic E-state index is 13.0. The summed E-state index contributed by atoms with van der Waals surface area (Å²) in [5.41, 5.74) is 3.90. The van der Waals surface area contributed by atoms with Gasteiger partial charge in [0.1, 0.15) is 28.7 Å². The van der Waals surface area contributed by atoms with Crippen LogP contribution in [-0.2, 0) is 0 Å². The summed E-state index contributed by atoms with van der Waals surface area (Å²) in [5, 5.41) is 8.72. The predicted molar refractivity (Wildman–Crippen MR) is 281 cm³/mol. The number of hydrogen-bond acceptors (Lipinski definition) is 11. The highest BCUT2D eigenvalue weighted by Gasteiger charge is 2.14. The Morgan fingerprint density at radius 1 is 0.380 bits per heavy atom. The molecule has 6 aromatic carbocycles. The maximum Gasteiger partial charge on any atom is 0.343 e. The van der Waals surface area contributed by atoms with Crippen molar-refractivity contribution < 1.29 is 38.1 Å². The number of hydrogen-bond donors (Lipinski definition) is 0. The Kier molecular flexibility index (Phi) is 22.6. The van der Waals surface area contributed by atoms with E-state index in [1.165, 1.54) is 114 Å². The Morgan fingerprint density at radius 2 is 0.732 bits per heavy atom. The number of carbonyl (C=O) groups is 3. The van der Waals surface area contributed by atoms with Crippen molar-refractivity contribution >= 4 is 41.2 Å². The third kappa shape index (κ3) is 19.5. The fourth-order valence-electron chi connectivity index (χ4n) is 7.48. The van der Waals surface area contributed by atoms with Crippen LogP contribution in [-0.4, -0.2) is 37.3 Å². The molecule has 11 nitrogen and oxygen atoms in total. The van der Waals surface area contributed by atoms with Crippen molar-refractivity contribution in [1.29, 1.82) is 0 Å². The van der Waals surface area contributed by atoms with Gasteiger partial charge in [-0.05, 0) is 140 Å². The van der Waals surface area contributed by atoms with Gasteiger partial charge in [0.25, 0.3) is 0 Å². The Bertz CT molecular complexity index is 2570. The Hall–Kier alpha value is -7.40. The lowest BCUT2D eigenvalue weighted by Crippen LogP contribution is -2.11. The minimum absolute atomic E-state index is 0.184. The van der Waals surface area contributed by atoms with Gasteiger partial charge in [0, 0.05) is 12.3 Å². The second kappa shape index (κ2) is 30.3. The molecular formula is C60H67N3O8. The summed E-state index contributed by atoms with van der Waals surface area (Å²) in [6.07, 6.45) is 21.7. The lowest BCUT2D eigenvalue weighted by molar-refractivity contribution is 0.0723. The molecule has 0 amide bonds.